The zero-order chi connectivity index (χ0) is 26.3. The normalized spacial score (nSPS) is 12.0. The van der Waals surface area contributed by atoms with Crippen molar-refractivity contribution in [2.75, 3.05) is 17.9 Å². The third kappa shape index (κ3) is 6.25. The van der Waals surface area contributed by atoms with E-state index in [0.29, 0.717) is 11.4 Å². The molecule has 36 heavy (non-hydrogen) atoms. The van der Waals surface area contributed by atoms with Crippen LogP contribution in [0.15, 0.2) is 83.8 Å². The van der Waals surface area contributed by atoms with Crippen LogP contribution < -0.4 is 9.62 Å². The second-order valence-corrected chi connectivity index (χ2v) is 10.6. The van der Waals surface area contributed by atoms with Gasteiger partial charge in [0, 0.05) is 18.6 Å². The largest absolute Gasteiger partial charge is 0.357 e. The number of rotatable bonds is 10. The number of nitrogens with zero attached hydrogens (tertiary/aromatic N) is 2. The highest BCUT2D eigenvalue weighted by molar-refractivity contribution is 7.92. The van der Waals surface area contributed by atoms with Crippen molar-refractivity contribution in [2.45, 2.75) is 37.8 Å². The molecule has 0 saturated carbocycles. The molecule has 190 valence electrons. The van der Waals surface area contributed by atoms with Crippen LogP contribution >= 0.6 is 11.6 Å². The van der Waals surface area contributed by atoms with E-state index in [9.17, 15) is 18.0 Å². The van der Waals surface area contributed by atoms with Crippen LogP contribution in [0.4, 0.5) is 5.69 Å². The summed E-state index contributed by atoms with van der Waals surface area (Å²) in [5, 5.41) is 2.99. The molecule has 9 heteroatoms. The first-order valence-electron chi connectivity index (χ1n) is 11.6. The number of amides is 2. The van der Waals surface area contributed by atoms with Crippen LogP contribution in [0.5, 0.6) is 0 Å². The highest BCUT2D eigenvalue weighted by atomic mass is 35.5. The minimum absolute atomic E-state index is 0.0439. The lowest BCUT2D eigenvalue weighted by molar-refractivity contribution is -0.140. The Morgan fingerprint density at radius 2 is 1.58 bits per heavy atom. The fourth-order valence-electron chi connectivity index (χ4n) is 3.85. The molecule has 0 radical (unpaired) electrons. The van der Waals surface area contributed by atoms with Crippen LogP contribution in [-0.2, 0) is 26.2 Å². The molecule has 1 atom stereocenters. The molecular weight excluding hydrogens is 498 g/mol. The molecule has 3 aromatic rings. The number of hydrogen-bond acceptors (Lipinski definition) is 4. The molecule has 1 N–H and O–H groups in total. The van der Waals surface area contributed by atoms with Gasteiger partial charge in [-0.3, -0.25) is 13.9 Å². The first-order valence-corrected chi connectivity index (χ1v) is 13.4. The molecule has 3 aromatic carbocycles. The molecule has 0 spiro atoms. The molecule has 1 unspecified atom stereocenters. The van der Waals surface area contributed by atoms with Crippen LogP contribution in [0, 0.1) is 6.92 Å². The minimum atomic E-state index is -4.12. The number of sulfonamides is 1. The molecular formula is C27H30ClN3O4S. The van der Waals surface area contributed by atoms with E-state index >= 15 is 0 Å². The van der Waals surface area contributed by atoms with E-state index in [4.69, 9.17) is 11.6 Å². The number of anilines is 1. The first kappa shape index (κ1) is 27.2. The molecule has 7 nitrogen and oxygen atoms in total. The average molecular weight is 528 g/mol. The van der Waals surface area contributed by atoms with Crippen molar-refractivity contribution in [3.63, 3.8) is 0 Å². The molecule has 0 aliphatic carbocycles. The van der Waals surface area contributed by atoms with Crippen molar-refractivity contribution in [1.82, 2.24) is 10.2 Å². The Hall–Kier alpha value is -3.36. The Balaban J connectivity index is 2.06. The molecule has 0 aliphatic heterocycles. The Morgan fingerprint density at radius 1 is 0.972 bits per heavy atom. The van der Waals surface area contributed by atoms with Crippen molar-refractivity contribution < 1.29 is 18.0 Å². The molecule has 3 rings (SSSR count). The summed E-state index contributed by atoms with van der Waals surface area (Å²) in [4.78, 5) is 27.9. The summed E-state index contributed by atoms with van der Waals surface area (Å²) >= 11 is 6.32. The predicted octanol–water partition coefficient (Wildman–Crippen LogP) is 4.40. The van der Waals surface area contributed by atoms with E-state index in [1.54, 1.807) is 30.3 Å². The van der Waals surface area contributed by atoms with Crippen molar-refractivity contribution in [3.8, 4) is 0 Å². The maximum absolute atomic E-state index is 13.8. The lowest BCUT2D eigenvalue weighted by atomic mass is 10.1. The van der Waals surface area contributed by atoms with Gasteiger partial charge in [-0.25, -0.2) is 8.42 Å². The third-order valence-electron chi connectivity index (χ3n) is 5.88. The lowest BCUT2D eigenvalue weighted by Crippen LogP contribution is -2.51. The molecule has 0 saturated heterocycles. The highest BCUT2D eigenvalue weighted by Gasteiger charge is 2.33. The maximum Gasteiger partial charge on any atom is 0.264 e. The summed E-state index contributed by atoms with van der Waals surface area (Å²) in [6.07, 6.45) is 0.361. The fraction of sp³-hybridized carbons (Fsp3) is 0.259. The van der Waals surface area contributed by atoms with E-state index in [0.717, 1.165) is 15.4 Å². The molecule has 0 heterocycles. The van der Waals surface area contributed by atoms with Crippen molar-refractivity contribution in [3.05, 3.63) is 95.0 Å². The van der Waals surface area contributed by atoms with Gasteiger partial charge in [-0.1, -0.05) is 73.1 Å². The van der Waals surface area contributed by atoms with Gasteiger partial charge in [-0.15, -0.1) is 0 Å². The Morgan fingerprint density at radius 3 is 2.14 bits per heavy atom. The maximum atomic E-state index is 13.8. The zero-order valence-electron chi connectivity index (χ0n) is 20.5. The molecule has 0 fully saturated rings. The van der Waals surface area contributed by atoms with Crippen LogP contribution in [0.3, 0.4) is 0 Å². The monoisotopic (exact) mass is 527 g/mol. The predicted molar refractivity (Wildman–Crippen MR) is 142 cm³/mol. The highest BCUT2D eigenvalue weighted by Crippen LogP contribution is 2.28. The number of carbonyl (C=O) groups is 2. The summed E-state index contributed by atoms with van der Waals surface area (Å²) in [6.45, 7) is 3.27. The quantitative estimate of drug-likeness (QED) is 0.423. The SMILES string of the molecule is CCC(C(=O)NC)N(Cc1ccccc1)C(=O)CN(c1ccc(C)c(Cl)c1)S(=O)(=O)c1ccccc1. The van der Waals surface area contributed by atoms with Gasteiger partial charge in [-0.2, -0.15) is 0 Å². The third-order valence-corrected chi connectivity index (χ3v) is 8.08. The number of aryl methyl sites for hydroxylation is 1. The minimum Gasteiger partial charge on any atom is -0.357 e. The van der Waals surface area contributed by atoms with Crippen molar-refractivity contribution in [1.29, 1.82) is 0 Å². The summed E-state index contributed by atoms with van der Waals surface area (Å²) in [5.41, 5.74) is 1.86. The van der Waals surface area contributed by atoms with Gasteiger partial charge < -0.3 is 10.2 Å². The summed E-state index contributed by atoms with van der Waals surface area (Å²) in [5.74, 6) is -0.830. The molecule has 0 aliphatic rings. The number of hydrogen-bond donors (Lipinski definition) is 1. The fourth-order valence-corrected chi connectivity index (χ4v) is 5.45. The van der Waals surface area contributed by atoms with Gasteiger partial charge in [0.2, 0.25) is 11.8 Å². The Bertz CT molecular complexity index is 1300. The number of carbonyl (C=O) groups excluding carboxylic acids is 2. The van der Waals surface area contributed by atoms with E-state index in [1.165, 1.54) is 30.1 Å². The van der Waals surface area contributed by atoms with Crippen molar-refractivity contribution in [2.24, 2.45) is 0 Å². The Labute approximate surface area is 217 Å². The van der Waals surface area contributed by atoms with Gasteiger partial charge in [0.05, 0.1) is 10.6 Å². The van der Waals surface area contributed by atoms with Gasteiger partial charge in [-0.05, 0) is 48.7 Å². The van der Waals surface area contributed by atoms with Crippen molar-refractivity contribution >= 4 is 39.1 Å². The molecule has 2 amide bonds. The van der Waals surface area contributed by atoms with Crippen LogP contribution in [0.1, 0.15) is 24.5 Å². The smallest absolute Gasteiger partial charge is 0.264 e. The van der Waals surface area contributed by atoms with E-state index in [-0.39, 0.29) is 23.0 Å². The standard InChI is InChI=1S/C27H30ClN3O4S/c1-4-25(27(33)29-3)30(18-21-11-7-5-8-12-21)26(32)19-31(22-16-15-20(2)24(28)17-22)36(34,35)23-13-9-6-10-14-23/h5-17,25H,4,18-19H2,1-3H3,(H,29,33). The van der Waals surface area contributed by atoms with Crippen LogP contribution in [-0.4, -0.2) is 44.8 Å². The number of nitrogens with one attached hydrogen (secondary N) is 1. The Kier molecular flexibility index (Phi) is 9.12. The molecule has 0 aromatic heterocycles. The second-order valence-electron chi connectivity index (χ2n) is 8.30. The topological polar surface area (TPSA) is 86.8 Å². The number of halogens is 1. The van der Waals surface area contributed by atoms with E-state index in [1.807, 2.05) is 44.2 Å². The summed E-state index contributed by atoms with van der Waals surface area (Å²) in [7, 11) is -2.61. The van der Waals surface area contributed by atoms with Gasteiger partial charge in [0.1, 0.15) is 12.6 Å². The van der Waals surface area contributed by atoms with Gasteiger partial charge in [0.15, 0.2) is 0 Å². The average Bonchev–Trinajstić information content (AvgIpc) is 2.89. The first-order chi connectivity index (χ1) is 17.2. The van der Waals surface area contributed by atoms with E-state index in [2.05, 4.69) is 5.32 Å². The number of benzene rings is 3. The van der Waals surface area contributed by atoms with Crippen LogP contribution in [0.2, 0.25) is 5.02 Å². The summed E-state index contributed by atoms with van der Waals surface area (Å²) in [6, 6.07) is 21.3. The number of likely N-dealkylation sites (N-methyl/N-ethyl adjacent to an activating group) is 1. The van der Waals surface area contributed by atoms with Crippen LogP contribution in [0.25, 0.3) is 0 Å². The van der Waals surface area contributed by atoms with E-state index < -0.39 is 28.5 Å². The second kappa shape index (κ2) is 12.1. The zero-order valence-corrected chi connectivity index (χ0v) is 22.1. The van der Waals surface area contributed by atoms with Gasteiger partial charge >= 0.3 is 0 Å². The summed E-state index contributed by atoms with van der Waals surface area (Å²) < 4.78 is 28.5. The molecule has 0 bridgehead atoms. The lowest BCUT2D eigenvalue weighted by Gasteiger charge is -2.33. The van der Waals surface area contributed by atoms with Gasteiger partial charge in [0.25, 0.3) is 10.0 Å².